The predicted molar refractivity (Wildman–Crippen MR) is 106 cm³/mol. The molecule has 0 fully saturated rings. The Bertz CT molecular complexity index is 1030. The van der Waals surface area contributed by atoms with E-state index in [4.69, 9.17) is 10.5 Å². The van der Waals surface area contributed by atoms with Crippen molar-refractivity contribution in [3.8, 4) is 11.5 Å². The van der Waals surface area contributed by atoms with Gasteiger partial charge in [0, 0.05) is 30.2 Å². The van der Waals surface area contributed by atoms with Gasteiger partial charge < -0.3 is 26.2 Å². The van der Waals surface area contributed by atoms with E-state index >= 15 is 0 Å². The zero-order chi connectivity index (χ0) is 21.0. The molecule has 1 aliphatic rings. The number of amides is 1. The third kappa shape index (κ3) is 4.82. The van der Waals surface area contributed by atoms with E-state index in [0.717, 1.165) is 6.07 Å². The normalized spacial score (nSPS) is 15.6. The quantitative estimate of drug-likeness (QED) is 0.537. The van der Waals surface area contributed by atoms with Crippen molar-refractivity contribution in [2.24, 2.45) is 10.7 Å². The summed E-state index contributed by atoms with van der Waals surface area (Å²) in [6, 6.07) is 6.79. The molecule has 2 aromatic rings. The minimum absolute atomic E-state index is 0.0114. The number of rotatable bonds is 7. The van der Waals surface area contributed by atoms with E-state index in [-0.39, 0.29) is 34.1 Å². The van der Waals surface area contributed by atoms with Gasteiger partial charge in [0.05, 0.1) is 0 Å². The van der Waals surface area contributed by atoms with Crippen LogP contribution in [-0.4, -0.2) is 39.9 Å². The molecule has 0 bridgehead atoms. The van der Waals surface area contributed by atoms with Gasteiger partial charge in [0.15, 0.2) is 17.1 Å². The van der Waals surface area contributed by atoms with Gasteiger partial charge in [-0.1, -0.05) is 0 Å². The number of halogens is 1. The molecule has 1 aromatic heterocycles. The topological polar surface area (TPSA) is 139 Å². The summed E-state index contributed by atoms with van der Waals surface area (Å²) in [5.41, 5.74) is 5.02. The van der Waals surface area contributed by atoms with Crippen LogP contribution in [0.5, 0.6) is 11.5 Å². The summed E-state index contributed by atoms with van der Waals surface area (Å²) in [5, 5.41) is 15.1. The molecule has 11 heteroatoms. The maximum atomic E-state index is 14.5. The van der Waals surface area contributed by atoms with Gasteiger partial charge in [-0.05, 0) is 24.5 Å². The van der Waals surface area contributed by atoms with Crippen molar-refractivity contribution >= 4 is 35.5 Å². The number of carbonyl (C=O) groups is 2. The van der Waals surface area contributed by atoms with Gasteiger partial charge in [0.25, 0.3) is 5.91 Å². The van der Waals surface area contributed by atoms with Crippen molar-refractivity contribution in [2.45, 2.75) is 5.50 Å². The first-order valence-corrected chi connectivity index (χ1v) is 9.46. The van der Waals surface area contributed by atoms with Gasteiger partial charge in [-0.3, -0.25) is 14.8 Å². The number of nitrogens with two attached hydrogens (primary N) is 1. The molecule has 29 heavy (non-hydrogen) atoms. The second-order valence-corrected chi connectivity index (χ2v) is 6.64. The molecular formula is C18H16FN5O4S. The number of aromatic nitrogens is 1. The van der Waals surface area contributed by atoms with Crippen LogP contribution in [0.4, 0.5) is 10.1 Å². The fourth-order valence-corrected chi connectivity index (χ4v) is 2.79. The maximum absolute atomic E-state index is 14.5. The van der Waals surface area contributed by atoms with Gasteiger partial charge in [-0.25, -0.2) is 9.18 Å². The Morgan fingerprint density at radius 3 is 2.79 bits per heavy atom. The number of carbonyl (C=O) groups excluding carboxylic acids is 1. The van der Waals surface area contributed by atoms with Crippen LogP contribution >= 0.6 is 11.8 Å². The highest BCUT2D eigenvalue weighted by Crippen LogP contribution is 2.28. The minimum Gasteiger partial charge on any atom is -0.478 e. The van der Waals surface area contributed by atoms with Crippen LogP contribution in [0.1, 0.15) is 10.5 Å². The van der Waals surface area contributed by atoms with Crippen molar-refractivity contribution in [1.82, 2.24) is 10.3 Å². The molecule has 0 saturated carbocycles. The lowest BCUT2D eigenvalue weighted by molar-refractivity contribution is -0.132. The Labute approximate surface area is 168 Å². The Kier molecular flexibility index (Phi) is 5.98. The zero-order valence-electron chi connectivity index (χ0n) is 15.0. The molecule has 1 amide bonds. The monoisotopic (exact) mass is 417 g/mol. The number of aliphatic carboxylic acids is 1. The molecule has 0 saturated heterocycles. The van der Waals surface area contributed by atoms with Crippen LogP contribution in [0.3, 0.4) is 0 Å². The molecule has 1 aliphatic heterocycles. The van der Waals surface area contributed by atoms with Gasteiger partial charge in [-0.15, -0.1) is 11.8 Å². The number of nitrogens with one attached hydrogen (secondary N) is 2. The molecule has 1 atom stereocenters. The summed E-state index contributed by atoms with van der Waals surface area (Å²) in [7, 11) is 0. The molecule has 0 radical (unpaired) electrons. The number of hydrogen-bond donors (Lipinski definition) is 4. The molecule has 150 valence electrons. The van der Waals surface area contributed by atoms with E-state index in [9.17, 15) is 19.1 Å². The fraction of sp³-hybridized carbons (Fsp3) is 0.111. The number of carboxylic acid groups (broad SMARTS) is 1. The van der Waals surface area contributed by atoms with Crippen molar-refractivity contribution < 1.29 is 23.8 Å². The zero-order valence-corrected chi connectivity index (χ0v) is 15.9. The number of pyridine rings is 1. The van der Waals surface area contributed by atoms with Crippen molar-refractivity contribution in [3.05, 3.63) is 59.4 Å². The number of carboxylic acids is 1. The van der Waals surface area contributed by atoms with Gasteiger partial charge in [0.2, 0.25) is 0 Å². The van der Waals surface area contributed by atoms with E-state index in [1.165, 1.54) is 48.4 Å². The van der Waals surface area contributed by atoms with Crippen molar-refractivity contribution in [3.63, 3.8) is 0 Å². The van der Waals surface area contributed by atoms with E-state index < -0.39 is 17.7 Å². The molecular weight excluding hydrogens is 401 g/mol. The highest BCUT2D eigenvalue weighted by Gasteiger charge is 2.21. The molecule has 9 nitrogen and oxygen atoms in total. The Balaban J connectivity index is 1.80. The van der Waals surface area contributed by atoms with Gasteiger partial charge >= 0.3 is 5.97 Å². The third-order valence-electron chi connectivity index (χ3n) is 3.74. The summed E-state index contributed by atoms with van der Waals surface area (Å²) in [6.45, 7) is 0. The number of anilines is 1. The SMILES string of the molecule is CSC1N=CC(C(=O)O)=C(Nc2ccc(Oc3ccnc(C(N)=O)c3)c(F)c2)N1. The molecule has 0 aliphatic carbocycles. The number of aliphatic imine (C=N–C) groups is 1. The average molecular weight is 417 g/mol. The Morgan fingerprint density at radius 2 is 2.14 bits per heavy atom. The molecule has 5 N–H and O–H groups in total. The molecule has 1 aromatic carbocycles. The number of thioether (sulfide) groups is 1. The first-order valence-electron chi connectivity index (χ1n) is 8.17. The summed E-state index contributed by atoms with van der Waals surface area (Å²) < 4.78 is 19.9. The largest absolute Gasteiger partial charge is 0.478 e. The van der Waals surface area contributed by atoms with Crippen LogP contribution in [0, 0.1) is 5.82 Å². The smallest absolute Gasteiger partial charge is 0.340 e. The van der Waals surface area contributed by atoms with Crippen molar-refractivity contribution in [1.29, 1.82) is 0 Å². The second kappa shape index (κ2) is 8.61. The highest BCUT2D eigenvalue weighted by molar-refractivity contribution is 7.99. The predicted octanol–water partition coefficient (Wildman–Crippen LogP) is 2.14. The van der Waals surface area contributed by atoms with E-state index in [1.807, 2.05) is 6.26 Å². The number of benzene rings is 1. The second-order valence-electron chi connectivity index (χ2n) is 5.72. The fourth-order valence-electron chi connectivity index (χ4n) is 2.37. The number of hydrogen-bond acceptors (Lipinski definition) is 8. The van der Waals surface area contributed by atoms with Crippen LogP contribution in [0.25, 0.3) is 0 Å². The Hall–Kier alpha value is -3.60. The lowest BCUT2D eigenvalue weighted by Gasteiger charge is -2.23. The first-order chi connectivity index (χ1) is 13.9. The van der Waals surface area contributed by atoms with Crippen LogP contribution in [0.15, 0.2) is 52.9 Å². The lowest BCUT2D eigenvalue weighted by atomic mass is 10.2. The van der Waals surface area contributed by atoms with Crippen LogP contribution in [0.2, 0.25) is 0 Å². The van der Waals surface area contributed by atoms with E-state index in [0.29, 0.717) is 5.69 Å². The highest BCUT2D eigenvalue weighted by atomic mass is 32.2. The van der Waals surface area contributed by atoms with Gasteiger partial charge in [0.1, 0.15) is 22.8 Å². The lowest BCUT2D eigenvalue weighted by Crippen LogP contribution is -2.34. The average Bonchev–Trinajstić information content (AvgIpc) is 2.70. The molecule has 0 spiro atoms. The number of primary amides is 1. The minimum atomic E-state index is -1.17. The summed E-state index contributed by atoms with van der Waals surface area (Å²) in [4.78, 5) is 30.4. The van der Waals surface area contributed by atoms with E-state index in [2.05, 4.69) is 20.6 Å². The Morgan fingerprint density at radius 1 is 1.34 bits per heavy atom. The molecule has 1 unspecified atom stereocenters. The van der Waals surface area contributed by atoms with E-state index in [1.54, 1.807) is 0 Å². The maximum Gasteiger partial charge on any atom is 0.340 e. The van der Waals surface area contributed by atoms with Gasteiger partial charge in [-0.2, -0.15) is 0 Å². The first kappa shape index (κ1) is 20.1. The van der Waals surface area contributed by atoms with Crippen LogP contribution < -0.4 is 21.1 Å². The standard InChI is InChI=1S/C18H16FN5O4S/c1-29-18-22-8-11(17(26)27)16(24-18)23-9-2-3-14(12(19)6-9)28-10-4-5-21-13(7-10)15(20)25/h2-8,18,23-24H,1H3,(H2,20,25)(H,26,27). The van der Waals surface area contributed by atoms with Crippen molar-refractivity contribution in [2.75, 3.05) is 11.6 Å². The summed E-state index contributed by atoms with van der Waals surface area (Å²) >= 11 is 1.38. The summed E-state index contributed by atoms with van der Waals surface area (Å²) in [6.07, 6.45) is 4.38. The molecule has 2 heterocycles. The number of ether oxygens (including phenoxy) is 1. The third-order valence-corrected chi connectivity index (χ3v) is 4.43. The number of nitrogens with zero attached hydrogens (tertiary/aromatic N) is 2. The molecule has 3 rings (SSSR count). The summed E-state index contributed by atoms with van der Waals surface area (Å²) in [5.74, 6) is -2.31. The van der Waals surface area contributed by atoms with Crippen LogP contribution in [-0.2, 0) is 4.79 Å².